The van der Waals surface area contributed by atoms with Gasteiger partial charge in [0.25, 0.3) is 0 Å². The summed E-state index contributed by atoms with van der Waals surface area (Å²) in [6, 6.07) is 6.46. The van der Waals surface area contributed by atoms with Crippen molar-refractivity contribution < 1.29 is 24.0 Å². The van der Waals surface area contributed by atoms with Gasteiger partial charge in [0.05, 0.1) is 29.9 Å². The number of carbonyl (C=O) groups is 2. The number of hydrogen-bond acceptors (Lipinski definition) is 10. The molecule has 1 saturated heterocycles. The Bertz CT molecular complexity index is 976. The highest BCUT2D eigenvalue weighted by atomic mass is 16.6. The highest BCUT2D eigenvalue weighted by Gasteiger charge is 2.31. The predicted octanol–water partition coefficient (Wildman–Crippen LogP) is 2.19. The summed E-state index contributed by atoms with van der Waals surface area (Å²) in [4.78, 5) is 46.6. The van der Waals surface area contributed by atoms with Crippen LogP contribution in [-0.2, 0) is 9.47 Å². The van der Waals surface area contributed by atoms with Crippen molar-refractivity contribution in [3.8, 4) is 0 Å². The van der Waals surface area contributed by atoms with Gasteiger partial charge in [-0.05, 0) is 19.1 Å². The molecular weight excluding hydrogens is 408 g/mol. The molecule has 1 aliphatic heterocycles. The van der Waals surface area contributed by atoms with E-state index in [0.717, 1.165) is 0 Å². The maximum atomic E-state index is 12.0. The van der Waals surface area contributed by atoms with E-state index >= 15 is 0 Å². The van der Waals surface area contributed by atoms with E-state index in [1.54, 1.807) is 34.9 Å². The van der Waals surface area contributed by atoms with Crippen molar-refractivity contribution in [1.82, 2.24) is 14.9 Å². The Morgan fingerprint density at radius 1 is 1.19 bits per heavy atom. The lowest BCUT2D eigenvalue weighted by molar-refractivity contribution is -0.383. The summed E-state index contributed by atoms with van der Waals surface area (Å²) in [5.74, 6) is -0.518. The number of rotatable bonds is 6. The van der Waals surface area contributed by atoms with Crippen LogP contribution in [0.25, 0.3) is 0 Å². The molecule has 1 aliphatic rings. The van der Waals surface area contributed by atoms with E-state index < -0.39 is 17.0 Å². The van der Waals surface area contributed by atoms with E-state index in [0.29, 0.717) is 31.9 Å². The summed E-state index contributed by atoms with van der Waals surface area (Å²) in [6.45, 7) is 3.37. The second-order valence-corrected chi connectivity index (χ2v) is 6.49. The fourth-order valence-electron chi connectivity index (χ4n) is 3.18. The van der Waals surface area contributed by atoms with E-state index in [4.69, 9.17) is 9.47 Å². The minimum Gasteiger partial charge on any atom is -0.465 e. The Morgan fingerprint density at radius 2 is 1.90 bits per heavy atom. The molecule has 1 amide bonds. The lowest BCUT2D eigenvalue weighted by Crippen LogP contribution is -2.49. The third-order valence-corrected chi connectivity index (χ3v) is 4.68. The zero-order chi connectivity index (χ0) is 22.4. The molecule has 2 aromatic rings. The summed E-state index contributed by atoms with van der Waals surface area (Å²) in [6.07, 6.45) is 0.796. The standard InChI is InChI=1S/C19H22N6O6/c1-3-31-19(27)24-10-8-23(9-11-24)17-15(25(28)29)16(20-12-21-17)22-14-7-5-4-6-13(14)18(26)30-2/h4-7,12H,3,8-11H2,1-2H3,(H,20,21,22). The highest BCUT2D eigenvalue weighted by Crippen LogP contribution is 2.34. The normalized spacial score (nSPS) is 13.5. The van der Waals surface area contributed by atoms with Crippen LogP contribution in [0.15, 0.2) is 30.6 Å². The van der Waals surface area contributed by atoms with Gasteiger partial charge in [0.15, 0.2) is 0 Å². The fourth-order valence-corrected chi connectivity index (χ4v) is 3.18. The first-order valence-corrected chi connectivity index (χ1v) is 9.56. The Kier molecular flexibility index (Phi) is 6.80. The van der Waals surface area contributed by atoms with Crippen LogP contribution in [0, 0.1) is 10.1 Å². The molecule has 0 saturated carbocycles. The van der Waals surface area contributed by atoms with Gasteiger partial charge in [-0.2, -0.15) is 0 Å². The first kappa shape index (κ1) is 21.7. The lowest BCUT2D eigenvalue weighted by atomic mass is 10.2. The summed E-state index contributed by atoms with van der Waals surface area (Å²) in [5, 5.41) is 14.7. The monoisotopic (exact) mass is 430 g/mol. The zero-order valence-corrected chi connectivity index (χ0v) is 17.1. The van der Waals surface area contributed by atoms with Crippen molar-refractivity contribution in [3.63, 3.8) is 0 Å². The van der Waals surface area contributed by atoms with Gasteiger partial charge in [-0.1, -0.05) is 12.1 Å². The van der Waals surface area contributed by atoms with Gasteiger partial charge in [-0.3, -0.25) is 10.1 Å². The number of amides is 1. The van der Waals surface area contributed by atoms with Gasteiger partial charge in [0.1, 0.15) is 6.33 Å². The number of methoxy groups -OCH3 is 1. The van der Waals surface area contributed by atoms with Crippen LogP contribution < -0.4 is 10.2 Å². The molecule has 31 heavy (non-hydrogen) atoms. The predicted molar refractivity (Wildman–Crippen MR) is 111 cm³/mol. The van der Waals surface area contributed by atoms with Crippen LogP contribution in [0.4, 0.5) is 27.8 Å². The van der Waals surface area contributed by atoms with Gasteiger partial charge in [-0.25, -0.2) is 19.6 Å². The smallest absolute Gasteiger partial charge is 0.409 e. The Labute approximate surface area is 177 Å². The molecule has 12 heteroatoms. The molecule has 1 aromatic heterocycles. The summed E-state index contributed by atoms with van der Waals surface area (Å²) >= 11 is 0. The molecule has 0 aliphatic carbocycles. The van der Waals surface area contributed by atoms with E-state index in [2.05, 4.69) is 15.3 Å². The molecule has 2 heterocycles. The molecule has 12 nitrogen and oxygen atoms in total. The number of nitro groups is 1. The lowest BCUT2D eigenvalue weighted by Gasteiger charge is -2.34. The topological polar surface area (TPSA) is 140 Å². The van der Waals surface area contributed by atoms with E-state index in [9.17, 15) is 19.7 Å². The second kappa shape index (κ2) is 9.69. The van der Waals surface area contributed by atoms with Crippen molar-refractivity contribution >= 4 is 35.1 Å². The average molecular weight is 430 g/mol. The third-order valence-electron chi connectivity index (χ3n) is 4.68. The number of hydrogen-bond donors (Lipinski definition) is 1. The molecule has 0 bridgehead atoms. The number of anilines is 3. The Hall–Kier alpha value is -3.96. The summed E-state index contributed by atoms with van der Waals surface area (Å²) in [7, 11) is 1.25. The molecule has 0 unspecified atom stereocenters. The van der Waals surface area contributed by atoms with Crippen LogP contribution in [0.2, 0.25) is 0 Å². The average Bonchev–Trinajstić information content (AvgIpc) is 2.79. The van der Waals surface area contributed by atoms with Crippen molar-refractivity contribution in [2.45, 2.75) is 6.92 Å². The fraction of sp³-hybridized carbons (Fsp3) is 0.368. The zero-order valence-electron chi connectivity index (χ0n) is 17.1. The Morgan fingerprint density at radius 3 is 2.55 bits per heavy atom. The number of ether oxygens (including phenoxy) is 2. The van der Waals surface area contributed by atoms with Crippen molar-refractivity contribution in [1.29, 1.82) is 0 Å². The largest absolute Gasteiger partial charge is 0.465 e. The number of nitrogens with zero attached hydrogens (tertiary/aromatic N) is 5. The molecule has 164 valence electrons. The van der Waals surface area contributed by atoms with E-state index in [-0.39, 0.29) is 29.5 Å². The molecule has 0 atom stereocenters. The molecule has 0 spiro atoms. The van der Waals surface area contributed by atoms with Crippen molar-refractivity contribution in [3.05, 3.63) is 46.3 Å². The van der Waals surface area contributed by atoms with Crippen LogP contribution in [0.3, 0.4) is 0 Å². The van der Waals surface area contributed by atoms with Gasteiger partial charge in [0, 0.05) is 26.2 Å². The Balaban J connectivity index is 1.88. The number of esters is 1. The summed E-state index contributed by atoms with van der Waals surface area (Å²) in [5.41, 5.74) is 0.198. The highest BCUT2D eigenvalue weighted by molar-refractivity contribution is 5.96. The van der Waals surface area contributed by atoms with Crippen LogP contribution in [0.1, 0.15) is 17.3 Å². The molecule has 3 rings (SSSR count). The van der Waals surface area contributed by atoms with Gasteiger partial charge in [-0.15, -0.1) is 0 Å². The van der Waals surface area contributed by atoms with Crippen molar-refractivity contribution in [2.24, 2.45) is 0 Å². The minimum absolute atomic E-state index is 0.0563. The first-order valence-electron chi connectivity index (χ1n) is 9.56. The number of piperazine rings is 1. The number of carbonyl (C=O) groups excluding carboxylic acids is 2. The van der Waals surface area contributed by atoms with Gasteiger partial charge < -0.3 is 24.6 Å². The molecule has 1 aromatic carbocycles. The van der Waals surface area contributed by atoms with Crippen LogP contribution in [-0.4, -0.2) is 71.7 Å². The van der Waals surface area contributed by atoms with E-state index in [1.165, 1.54) is 19.5 Å². The maximum absolute atomic E-state index is 12.0. The van der Waals surface area contributed by atoms with Gasteiger partial charge >= 0.3 is 17.7 Å². The number of benzene rings is 1. The van der Waals surface area contributed by atoms with Crippen LogP contribution in [0.5, 0.6) is 0 Å². The van der Waals surface area contributed by atoms with Crippen molar-refractivity contribution in [2.75, 3.05) is 50.1 Å². The van der Waals surface area contributed by atoms with Gasteiger partial charge in [0.2, 0.25) is 11.6 Å². The number of nitrogens with one attached hydrogen (secondary N) is 1. The minimum atomic E-state index is -0.588. The third kappa shape index (κ3) is 4.79. The summed E-state index contributed by atoms with van der Waals surface area (Å²) < 4.78 is 9.76. The number of para-hydroxylation sites is 1. The van der Waals surface area contributed by atoms with Crippen LogP contribution >= 0.6 is 0 Å². The molecule has 1 N–H and O–H groups in total. The second-order valence-electron chi connectivity index (χ2n) is 6.49. The first-order chi connectivity index (χ1) is 15.0. The SMILES string of the molecule is CCOC(=O)N1CCN(c2ncnc(Nc3ccccc3C(=O)OC)c2[N+](=O)[O-])CC1. The quantitative estimate of drug-likeness (QED) is 0.412. The van der Waals surface area contributed by atoms with E-state index in [1.807, 2.05) is 0 Å². The maximum Gasteiger partial charge on any atom is 0.409 e. The molecular formula is C19H22N6O6. The molecule has 0 radical (unpaired) electrons. The number of aromatic nitrogens is 2. The molecule has 1 fully saturated rings.